The molecule has 150 valence electrons. The first-order valence-electron chi connectivity index (χ1n) is 9.16. The molecule has 2 aromatic rings. The molecule has 5 N–H and O–H groups in total. The maximum absolute atomic E-state index is 12.3. The molecule has 0 aliphatic carbocycles. The summed E-state index contributed by atoms with van der Waals surface area (Å²) in [6.45, 7) is 1.53. The maximum Gasteiger partial charge on any atom is 0.352 e. The lowest BCUT2D eigenvalue weighted by Gasteiger charge is -2.44. The standard InChI is InChI=1S/C20H20N4O5/c1-10(25)16-14-9-13(17(19(27)28)24(14)18(16)26)11-4-2-5-12(8-11)22-20(29)23-15-6-3-7-21-15/h2-8,10,14,16,21,25H,9H2,1H3,(H,27,28)(H2,22,23,29)/t10-,14-,16-/m1/s1. The van der Waals surface area contributed by atoms with Crippen molar-refractivity contribution in [2.45, 2.75) is 25.5 Å². The lowest BCUT2D eigenvalue weighted by Crippen LogP contribution is -2.61. The van der Waals surface area contributed by atoms with Crippen LogP contribution in [0.3, 0.4) is 0 Å². The molecule has 0 saturated carbocycles. The Labute approximate surface area is 166 Å². The molecule has 2 aliphatic heterocycles. The molecule has 1 saturated heterocycles. The summed E-state index contributed by atoms with van der Waals surface area (Å²) in [7, 11) is 0. The van der Waals surface area contributed by atoms with Gasteiger partial charge in [-0.25, -0.2) is 9.59 Å². The predicted octanol–water partition coefficient (Wildman–Crippen LogP) is 2.07. The van der Waals surface area contributed by atoms with Crippen molar-refractivity contribution in [3.8, 4) is 0 Å². The van der Waals surface area contributed by atoms with Crippen molar-refractivity contribution >= 4 is 35.0 Å². The highest BCUT2D eigenvalue weighted by Gasteiger charge is 2.56. The second kappa shape index (κ2) is 7.10. The van der Waals surface area contributed by atoms with Gasteiger partial charge in [0.1, 0.15) is 11.5 Å². The Kier molecular flexibility index (Phi) is 4.59. The minimum Gasteiger partial charge on any atom is -0.477 e. The van der Waals surface area contributed by atoms with Crippen molar-refractivity contribution in [2.24, 2.45) is 5.92 Å². The smallest absolute Gasteiger partial charge is 0.352 e. The first-order valence-corrected chi connectivity index (χ1v) is 9.16. The number of carbonyl (C=O) groups excluding carboxylic acids is 2. The molecule has 3 heterocycles. The number of amides is 3. The van der Waals surface area contributed by atoms with Crippen LogP contribution in [0.1, 0.15) is 18.9 Å². The molecule has 1 aromatic heterocycles. The van der Waals surface area contributed by atoms with Gasteiger partial charge in [-0.1, -0.05) is 12.1 Å². The van der Waals surface area contributed by atoms with E-state index >= 15 is 0 Å². The van der Waals surface area contributed by atoms with E-state index in [2.05, 4.69) is 15.6 Å². The maximum atomic E-state index is 12.3. The van der Waals surface area contributed by atoms with E-state index in [1.54, 1.807) is 42.6 Å². The van der Waals surface area contributed by atoms with Gasteiger partial charge in [0.05, 0.1) is 18.1 Å². The number of carbonyl (C=O) groups is 3. The average molecular weight is 396 g/mol. The molecule has 0 unspecified atom stereocenters. The Morgan fingerprint density at radius 3 is 2.69 bits per heavy atom. The topological polar surface area (TPSA) is 135 Å². The van der Waals surface area contributed by atoms with Crippen molar-refractivity contribution in [3.05, 3.63) is 53.9 Å². The normalized spacial score (nSPS) is 21.4. The molecule has 1 fully saturated rings. The van der Waals surface area contributed by atoms with Gasteiger partial charge < -0.3 is 25.4 Å². The summed E-state index contributed by atoms with van der Waals surface area (Å²) in [5.41, 5.74) is 1.53. The van der Waals surface area contributed by atoms with E-state index in [-0.39, 0.29) is 17.6 Å². The van der Waals surface area contributed by atoms with E-state index in [9.17, 15) is 24.6 Å². The number of nitrogens with zero attached hydrogens (tertiary/aromatic N) is 1. The second-order valence-electron chi connectivity index (χ2n) is 7.12. The van der Waals surface area contributed by atoms with Gasteiger partial charge in [0.15, 0.2) is 0 Å². The van der Waals surface area contributed by atoms with E-state index < -0.39 is 24.0 Å². The number of aliphatic carboxylic acids is 1. The van der Waals surface area contributed by atoms with Crippen LogP contribution in [0, 0.1) is 5.92 Å². The molecule has 2 aliphatic rings. The number of carboxylic acid groups (broad SMARTS) is 1. The highest BCUT2D eigenvalue weighted by atomic mass is 16.4. The number of β-lactam (4-membered cyclic amide) rings is 1. The summed E-state index contributed by atoms with van der Waals surface area (Å²) in [5.74, 6) is -1.63. The lowest BCUT2D eigenvalue weighted by atomic mass is 9.82. The van der Waals surface area contributed by atoms with E-state index in [1.807, 2.05) is 0 Å². The van der Waals surface area contributed by atoms with Crippen LogP contribution in [-0.4, -0.2) is 50.2 Å². The van der Waals surface area contributed by atoms with Crippen molar-refractivity contribution in [1.82, 2.24) is 9.88 Å². The third kappa shape index (κ3) is 3.25. The fraction of sp³-hybridized carbons (Fsp3) is 0.250. The fourth-order valence-corrected chi connectivity index (χ4v) is 4.00. The Morgan fingerprint density at radius 2 is 2.03 bits per heavy atom. The van der Waals surface area contributed by atoms with Crippen molar-refractivity contribution in [1.29, 1.82) is 0 Å². The van der Waals surface area contributed by atoms with Crippen LogP contribution in [0.2, 0.25) is 0 Å². The van der Waals surface area contributed by atoms with Crippen molar-refractivity contribution < 1.29 is 24.6 Å². The van der Waals surface area contributed by atoms with Crippen molar-refractivity contribution in [3.63, 3.8) is 0 Å². The van der Waals surface area contributed by atoms with E-state index in [0.29, 0.717) is 29.1 Å². The number of nitrogens with one attached hydrogen (secondary N) is 3. The zero-order chi connectivity index (χ0) is 20.7. The largest absolute Gasteiger partial charge is 0.477 e. The number of anilines is 2. The summed E-state index contributed by atoms with van der Waals surface area (Å²) in [4.78, 5) is 40.4. The van der Waals surface area contributed by atoms with Gasteiger partial charge in [0.2, 0.25) is 5.91 Å². The quantitative estimate of drug-likeness (QED) is 0.493. The molecule has 0 bridgehead atoms. The summed E-state index contributed by atoms with van der Waals surface area (Å²) < 4.78 is 0. The number of hydrogen-bond acceptors (Lipinski definition) is 4. The Hall–Kier alpha value is -3.59. The minimum absolute atomic E-state index is 0.0649. The van der Waals surface area contributed by atoms with Crippen LogP contribution >= 0.6 is 0 Å². The number of aliphatic hydroxyl groups excluding tert-OH is 1. The molecule has 29 heavy (non-hydrogen) atoms. The number of aromatic nitrogens is 1. The van der Waals surface area contributed by atoms with Crippen LogP contribution in [0.4, 0.5) is 16.3 Å². The third-order valence-electron chi connectivity index (χ3n) is 5.25. The lowest BCUT2D eigenvalue weighted by molar-refractivity contribution is -0.161. The summed E-state index contributed by atoms with van der Waals surface area (Å²) >= 11 is 0. The van der Waals surface area contributed by atoms with E-state index in [1.165, 1.54) is 11.8 Å². The molecule has 9 heteroatoms. The molecule has 0 radical (unpaired) electrons. The van der Waals surface area contributed by atoms with Gasteiger partial charge in [-0.3, -0.25) is 10.1 Å². The summed E-state index contributed by atoms with van der Waals surface area (Å²) in [6.07, 6.45) is 1.17. The Morgan fingerprint density at radius 1 is 1.24 bits per heavy atom. The number of carboxylic acids is 1. The Bertz CT molecular complexity index is 1010. The zero-order valence-electron chi connectivity index (χ0n) is 15.5. The molecular formula is C20H20N4O5. The summed E-state index contributed by atoms with van der Waals surface area (Å²) in [5, 5.41) is 24.9. The van der Waals surface area contributed by atoms with Gasteiger partial charge in [-0.15, -0.1) is 0 Å². The number of fused-ring (bicyclic) bond motifs is 1. The van der Waals surface area contributed by atoms with E-state index in [4.69, 9.17) is 0 Å². The van der Waals surface area contributed by atoms with E-state index in [0.717, 1.165) is 0 Å². The first-order chi connectivity index (χ1) is 13.9. The van der Waals surface area contributed by atoms with Crippen LogP contribution in [-0.2, 0) is 9.59 Å². The molecule has 1 aromatic carbocycles. The number of benzene rings is 1. The van der Waals surface area contributed by atoms with Crippen molar-refractivity contribution in [2.75, 3.05) is 10.6 Å². The van der Waals surface area contributed by atoms with Crippen LogP contribution in [0.25, 0.3) is 5.57 Å². The molecule has 4 rings (SSSR count). The second-order valence-corrected chi connectivity index (χ2v) is 7.12. The molecule has 0 spiro atoms. The molecule has 3 amide bonds. The van der Waals surface area contributed by atoms with Gasteiger partial charge in [0.25, 0.3) is 0 Å². The minimum atomic E-state index is -1.19. The van der Waals surface area contributed by atoms with Gasteiger partial charge in [0, 0.05) is 11.9 Å². The van der Waals surface area contributed by atoms with Crippen LogP contribution in [0.15, 0.2) is 48.3 Å². The number of aliphatic hydroxyl groups is 1. The highest BCUT2D eigenvalue weighted by molar-refractivity contribution is 6.06. The number of hydrogen-bond donors (Lipinski definition) is 5. The monoisotopic (exact) mass is 396 g/mol. The van der Waals surface area contributed by atoms with Gasteiger partial charge >= 0.3 is 12.0 Å². The molecule has 9 nitrogen and oxygen atoms in total. The average Bonchev–Trinajstić information content (AvgIpc) is 3.27. The number of rotatable bonds is 5. The summed E-state index contributed by atoms with van der Waals surface area (Å²) in [6, 6.07) is 9.44. The Balaban J connectivity index is 1.58. The zero-order valence-corrected chi connectivity index (χ0v) is 15.5. The van der Waals surface area contributed by atoms with Crippen LogP contribution < -0.4 is 10.6 Å². The predicted molar refractivity (Wildman–Crippen MR) is 105 cm³/mol. The molecule has 3 atom stereocenters. The first kappa shape index (κ1) is 18.8. The van der Waals surface area contributed by atoms with Crippen LogP contribution in [0.5, 0.6) is 0 Å². The SMILES string of the molecule is C[C@@H](O)[C@H]1C(=O)N2C(C(=O)O)=C(c3cccc(NC(=O)Nc4ccc[nH]4)c3)C[C@H]12. The van der Waals surface area contributed by atoms with Gasteiger partial charge in [-0.2, -0.15) is 0 Å². The molecular weight excluding hydrogens is 376 g/mol. The highest BCUT2D eigenvalue weighted by Crippen LogP contribution is 2.47. The number of H-pyrrole nitrogens is 1. The fourth-order valence-electron chi connectivity index (χ4n) is 4.00. The number of urea groups is 1. The van der Waals surface area contributed by atoms with Gasteiger partial charge in [-0.05, 0) is 48.7 Å². The number of aromatic amines is 1. The third-order valence-corrected chi connectivity index (χ3v) is 5.25.